The first-order chi connectivity index (χ1) is 15.9. The minimum Gasteiger partial charge on any atom is -0.490 e. The number of amides is 1. The monoisotopic (exact) mass is 448 g/mol. The largest absolute Gasteiger partial charge is 0.490 e. The van der Waals surface area contributed by atoms with Crippen molar-refractivity contribution >= 4 is 16.8 Å². The molecule has 4 aromatic rings. The quantitative estimate of drug-likeness (QED) is 0.449. The molecule has 2 aromatic carbocycles. The summed E-state index contributed by atoms with van der Waals surface area (Å²) in [7, 11) is 1.64. The van der Waals surface area contributed by atoms with Gasteiger partial charge in [0.1, 0.15) is 17.4 Å². The number of halogens is 2. The summed E-state index contributed by atoms with van der Waals surface area (Å²) >= 11 is 0. The van der Waals surface area contributed by atoms with Crippen LogP contribution in [0, 0.1) is 18.6 Å². The molecule has 5 rings (SSSR count). The van der Waals surface area contributed by atoms with Crippen LogP contribution in [0.1, 0.15) is 34.5 Å². The van der Waals surface area contributed by atoms with Crippen LogP contribution in [-0.2, 0) is 6.54 Å². The van der Waals surface area contributed by atoms with Crippen LogP contribution in [-0.4, -0.2) is 39.1 Å². The lowest BCUT2D eigenvalue weighted by atomic mass is 10.0. The molecule has 8 heteroatoms. The molecule has 0 radical (unpaired) electrons. The van der Waals surface area contributed by atoms with E-state index in [2.05, 4.69) is 15.2 Å². The SMILES string of the molecule is Cc1ncc(CN(C)C(=O)c2cc(F)c(-c3cccc(F)c3)c(OC3CC3)c2)c2[nH]ncc12. The van der Waals surface area contributed by atoms with E-state index in [0.29, 0.717) is 5.56 Å². The molecule has 2 heterocycles. The normalized spacial score (nSPS) is 13.3. The maximum absolute atomic E-state index is 15.3. The predicted molar refractivity (Wildman–Crippen MR) is 120 cm³/mol. The standard InChI is InChI=1S/C25H22F2N4O2/c1-14-20-12-29-30-24(20)17(11-28-14)13-31(2)25(32)16-9-21(27)23(15-4-3-5-18(26)8-15)22(10-16)33-19-6-7-19/h3-5,8-12,19H,6-7,13H2,1-2H3,(H,29,30). The van der Waals surface area contributed by atoms with Crippen LogP contribution in [0.3, 0.4) is 0 Å². The van der Waals surface area contributed by atoms with Gasteiger partial charge in [0, 0.05) is 42.0 Å². The van der Waals surface area contributed by atoms with Crippen LogP contribution in [0.25, 0.3) is 22.0 Å². The zero-order valence-corrected chi connectivity index (χ0v) is 18.2. The number of nitrogens with one attached hydrogen (secondary N) is 1. The number of hydrogen-bond acceptors (Lipinski definition) is 4. The van der Waals surface area contributed by atoms with Gasteiger partial charge < -0.3 is 9.64 Å². The number of carbonyl (C=O) groups is 1. The van der Waals surface area contributed by atoms with Crippen LogP contribution in [0.5, 0.6) is 5.75 Å². The van der Waals surface area contributed by atoms with Crippen LogP contribution in [0.4, 0.5) is 8.78 Å². The summed E-state index contributed by atoms with van der Waals surface area (Å²) < 4.78 is 35.0. The number of aromatic nitrogens is 3. The third-order valence-corrected chi connectivity index (χ3v) is 5.75. The average molecular weight is 448 g/mol. The van der Waals surface area contributed by atoms with Gasteiger partial charge in [-0.15, -0.1) is 0 Å². The second-order valence-corrected chi connectivity index (χ2v) is 8.35. The van der Waals surface area contributed by atoms with Gasteiger partial charge >= 0.3 is 0 Å². The van der Waals surface area contributed by atoms with E-state index in [1.807, 2.05) is 6.92 Å². The van der Waals surface area contributed by atoms with Crippen LogP contribution >= 0.6 is 0 Å². The predicted octanol–water partition coefficient (Wildman–Crippen LogP) is 5.02. The summed E-state index contributed by atoms with van der Waals surface area (Å²) in [5.74, 6) is -1.23. The van der Waals surface area contributed by atoms with Crippen molar-refractivity contribution in [3.63, 3.8) is 0 Å². The maximum atomic E-state index is 15.3. The third-order valence-electron chi connectivity index (χ3n) is 5.75. The van der Waals surface area contributed by atoms with Crippen LogP contribution < -0.4 is 4.74 Å². The van der Waals surface area contributed by atoms with Gasteiger partial charge in [0.25, 0.3) is 5.91 Å². The van der Waals surface area contributed by atoms with E-state index in [0.717, 1.165) is 35.0 Å². The highest BCUT2D eigenvalue weighted by atomic mass is 19.1. The molecule has 1 aliphatic rings. The lowest BCUT2D eigenvalue weighted by molar-refractivity contribution is 0.0784. The van der Waals surface area contributed by atoms with E-state index >= 15 is 4.39 Å². The molecular formula is C25H22F2N4O2. The summed E-state index contributed by atoms with van der Waals surface area (Å²) in [6, 6.07) is 8.41. The molecule has 1 fully saturated rings. The summed E-state index contributed by atoms with van der Waals surface area (Å²) in [6.45, 7) is 2.15. The number of hydrogen-bond donors (Lipinski definition) is 1. The van der Waals surface area contributed by atoms with Gasteiger partial charge in [-0.05, 0) is 49.6 Å². The summed E-state index contributed by atoms with van der Waals surface area (Å²) in [4.78, 5) is 19.1. The zero-order valence-electron chi connectivity index (χ0n) is 18.2. The minimum atomic E-state index is -0.636. The Bertz CT molecular complexity index is 1360. The van der Waals surface area contributed by atoms with Gasteiger partial charge in [-0.2, -0.15) is 5.10 Å². The molecule has 33 heavy (non-hydrogen) atoms. The molecule has 1 aliphatic carbocycles. The summed E-state index contributed by atoms with van der Waals surface area (Å²) in [5.41, 5.74) is 3.13. The van der Waals surface area contributed by atoms with Crippen LogP contribution in [0.2, 0.25) is 0 Å². The van der Waals surface area contributed by atoms with Gasteiger partial charge in [-0.25, -0.2) is 8.78 Å². The molecule has 1 saturated carbocycles. The lowest BCUT2D eigenvalue weighted by Crippen LogP contribution is -2.26. The van der Waals surface area contributed by atoms with Gasteiger partial charge in [0.05, 0.1) is 23.4 Å². The molecule has 168 valence electrons. The van der Waals surface area contributed by atoms with Crippen molar-refractivity contribution in [2.45, 2.75) is 32.4 Å². The van der Waals surface area contributed by atoms with Gasteiger partial charge in [-0.3, -0.25) is 14.9 Å². The van der Waals surface area contributed by atoms with E-state index in [4.69, 9.17) is 4.74 Å². The molecule has 2 aromatic heterocycles. The number of pyridine rings is 1. The van der Waals surface area contributed by atoms with E-state index in [1.54, 1.807) is 31.6 Å². The van der Waals surface area contributed by atoms with Crippen molar-refractivity contribution in [3.8, 4) is 16.9 Å². The Labute approximate surface area is 189 Å². The first kappa shape index (κ1) is 21.1. The Morgan fingerprint density at radius 2 is 2.03 bits per heavy atom. The zero-order chi connectivity index (χ0) is 23.1. The molecule has 0 bridgehead atoms. The van der Waals surface area contributed by atoms with Gasteiger partial charge in [-0.1, -0.05) is 12.1 Å². The summed E-state index contributed by atoms with van der Waals surface area (Å²) in [5, 5.41) is 7.91. The van der Waals surface area contributed by atoms with E-state index in [-0.39, 0.29) is 35.4 Å². The minimum absolute atomic E-state index is 0.0212. The summed E-state index contributed by atoms with van der Waals surface area (Å²) in [6.07, 6.45) is 5.11. The fourth-order valence-electron chi connectivity index (χ4n) is 3.87. The van der Waals surface area contributed by atoms with E-state index in [1.165, 1.54) is 29.2 Å². The highest BCUT2D eigenvalue weighted by Crippen LogP contribution is 2.38. The van der Waals surface area contributed by atoms with Gasteiger partial charge in [0.15, 0.2) is 0 Å². The molecule has 1 amide bonds. The number of aromatic amines is 1. The molecule has 0 atom stereocenters. The number of rotatable bonds is 6. The molecular weight excluding hydrogens is 426 g/mol. The fraction of sp³-hybridized carbons (Fsp3) is 0.240. The molecule has 0 aliphatic heterocycles. The Morgan fingerprint density at radius 3 is 2.79 bits per heavy atom. The Kier molecular flexibility index (Phi) is 5.28. The number of carbonyl (C=O) groups excluding carboxylic acids is 1. The van der Waals surface area contributed by atoms with E-state index < -0.39 is 11.6 Å². The van der Waals surface area contributed by atoms with Crippen molar-refractivity contribution in [1.82, 2.24) is 20.1 Å². The maximum Gasteiger partial charge on any atom is 0.254 e. The van der Waals surface area contributed by atoms with Crippen molar-refractivity contribution in [2.24, 2.45) is 0 Å². The number of H-pyrrole nitrogens is 1. The molecule has 1 N–H and O–H groups in total. The molecule has 0 unspecified atom stereocenters. The number of nitrogens with zero attached hydrogens (tertiary/aromatic N) is 3. The Morgan fingerprint density at radius 1 is 1.21 bits per heavy atom. The first-order valence-electron chi connectivity index (χ1n) is 10.7. The molecule has 0 spiro atoms. The third kappa shape index (κ3) is 4.16. The average Bonchev–Trinajstić information content (AvgIpc) is 3.45. The molecule has 6 nitrogen and oxygen atoms in total. The smallest absolute Gasteiger partial charge is 0.254 e. The topological polar surface area (TPSA) is 71.1 Å². The number of aryl methyl sites for hydroxylation is 1. The van der Waals surface area contributed by atoms with Crippen LogP contribution in [0.15, 0.2) is 48.8 Å². The molecule has 0 saturated heterocycles. The lowest BCUT2D eigenvalue weighted by Gasteiger charge is -2.20. The fourth-order valence-corrected chi connectivity index (χ4v) is 3.87. The number of ether oxygens (including phenoxy) is 1. The Hall–Kier alpha value is -3.81. The second kappa shape index (κ2) is 8.27. The van der Waals surface area contributed by atoms with Crippen molar-refractivity contribution < 1.29 is 18.3 Å². The van der Waals surface area contributed by atoms with E-state index in [9.17, 15) is 9.18 Å². The van der Waals surface area contributed by atoms with Crippen molar-refractivity contribution in [2.75, 3.05) is 7.05 Å². The van der Waals surface area contributed by atoms with Crippen molar-refractivity contribution in [1.29, 1.82) is 0 Å². The first-order valence-corrected chi connectivity index (χ1v) is 10.7. The van der Waals surface area contributed by atoms with Crippen molar-refractivity contribution in [3.05, 3.63) is 77.2 Å². The van der Waals surface area contributed by atoms with Gasteiger partial charge in [0.2, 0.25) is 0 Å². The Balaban J connectivity index is 1.47. The second-order valence-electron chi connectivity index (χ2n) is 8.35. The number of fused-ring (bicyclic) bond motifs is 1. The number of benzene rings is 2. The highest BCUT2D eigenvalue weighted by molar-refractivity contribution is 5.96. The highest BCUT2D eigenvalue weighted by Gasteiger charge is 2.27.